The SMILES string of the molecule is COC(=O)N[C@H](C(=O)N1CCC[C@H]1c1ncc(-c2cc3c4c(c2)Oc2ccc(-c5cnc([C@@H]6CCCN6C(=O)[C@@H](NC(=O)OC)C(C)C)[nH]5)cc2N4CC3)[nH]1)C(C)C. The topological polar surface area (TPSA) is 187 Å². The Balaban J connectivity index is 0.993. The van der Waals surface area contributed by atoms with Gasteiger partial charge >= 0.3 is 12.2 Å². The van der Waals surface area contributed by atoms with Crippen LogP contribution in [0.3, 0.4) is 0 Å². The molecule has 4 N–H and O–H groups in total. The fourth-order valence-electron chi connectivity index (χ4n) is 8.77. The first-order chi connectivity index (χ1) is 27.9. The Hall–Kier alpha value is -6.06. The number of H-pyrrole nitrogens is 2. The summed E-state index contributed by atoms with van der Waals surface area (Å²) in [5, 5.41) is 5.41. The number of fused-ring (bicyclic) bond motifs is 2. The Morgan fingerprint density at radius 1 is 0.741 bits per heavy atom. The van der Waals surface area contributed by atoms with Gasteiger partial charge in [0.05, 0.1) is 61.5 Å². The Kier molecular flexibility index (Phi) is 10.5. The van der Waals surface area contributed by atoms with Crippen molar-refractivity contribution in [3.05, 3.63) is 59.9 Å². The first-order valence-electron chi connectivity index (χ1n) is 20.1. The van der Waals surface area contributed by atoms with E-state index in [1.807, 2.05) is 68.1 Å². The van der Waals surface area contributed by atoms with Crippen LogP contribution in [-0.4, -0.2) is 99.7 Å². The number of aromatic amines is 2. The Bertz CT molecular complexity index is 2230. The van der Waals surface area contributed by atoms with Gasteiger partial charge in [-0.15, -0.1) is 0 Å². The molecule has 2 aromatic heterocycles. The van der Waals surface area contributed by atoms with Crippen molar-refractivity contribution in [2.45, 2.75) is 84.0 Å². The van der Waals surface area contributed by atoms with Crippen molar-refractivity contribution in [3.63, 3.8) is 0 Å². The molecule has 4 aliphatic heterocycles. The second kappa shape index (κ2) is 15.7. The van der Waals surface area contributed by atoms with E-state index < -0.39 is 24.3 Å². The largest absolute Gasteiger partial charge is 0.453 e. The van der Waals surface area contributed by atoms with Gasteiger partial charge in [0.2, 0.25) is 11.8 Å². The van der Waals surface area contributed by atoms with E-state index in [0.717, 1.165) is 84.0 Å². The van der Waals surface area contributed by atoms with E-state index in [2.05, 4.69) is 37.6 Å². The van der Waals surface area contributed by atoms with Crippen molar-refractivity contribution in [3.8, 4) is 34.0 Å². The van der Waals surface area contributed by atoms with Crippen LogP contribution < -0.4 is 20.3 Å². The lowest BCUT2D eigenvalue weighted by atomic mass is 10.0. The molecule has 8 rings (SSSR count). The van der Waals surface area contributed by atoms with Crippen LogP contribution in [0.15, 0.2) is 42.7 Å². The molecule has 16 heteroatoms. The minimum absolute atomic E-state index is 0.117. The van der Waals surface area contributed by atoms with Gasteiger partial charge in [-0.25, -0.2) is 19.6 Å². The van der Waals surface area contributed by atoms with Gasteiger partial charge in [-0.1, -0.05) is 27.7 Å². The fourth-order valence-corrected chi connectivity index (χ4v) is 8.77. The number of benzene rings is 2. The monoisotopic (exact) mass is 793 g/mol. The molecule has 0 saturated carbocycles. The van der Waals surface area contributed by atoms with Crippen molar-refractivity contribution in [2.24, 2.45) is 11.8 Å². The highest BCUT2D eigenvalue weighted by Crippen LogP contribution is 2.53. The normalized spacial score (nSPS) is 19.1. The molecular formula is C42H51N9O7. The van der Waals surface area contributed by atoms with E-state index in [1.54, 1.807) is 0 Å². The van der Waals surface area contributed by atoms with Gasteiger partial charge in [0.1, 0.15) is 23.7 Å². The van der Waals surface area contributed by atoms with E-state index in [1.165, 1.54) is 19.8 Å². The molecule has 4 aliphatic rings. The van der Waals surface area contributed by atoms with E-state index in [0.29, 0.717) is 24.7 Å². The number of rotatable bonds is 10. The minimum Gasteiger partial charge on any atom is -0.453 e. The van der Waals surface area contributed by atoms with Gasteiger partial charge < -0.3 is 49.5 Å². The number of ether oxygens (including phenoxy) is 3. The van der Waals surface area contributed by atoms with Gasteiger partial charge in [0.25, 0.3) is 0 Å². The summed E-state index contributed by atoms with van der Waals surface area (Å²) in [6.45, 7) is 9.56. The third-order valence-corrected chi connectivity index (χ3v) is 11.8. The molecule has 4 amide bonds. The number of anilines is 2. The first-order valence-corrected chi connectivity index (χ1v) is 20.1. The minimum atomic E-state index is -0.703. The molecule has 4 atom stereocenters. The van der Waals surface area contributed by atoms with Crippen LogP contribution in [0.1, 0.15) is 82.7 Å². The number of nitrogens with one attached hydrogen (secondary N) is 4. The smallest absolute Gasteiger partial charge is 0.407 e. The third kappa shape index (κ3) is 7.08. The number of amides is 4. The highest BCUT2D eigenvalue weighted by Gasteiger charge is 2.40. The van der Waals surface area contributed by atoms with E-state index >= 15 is 0 Å². The number of methoxy groups -OCH3 is 2. The van der Waals surface area contributed by atoms with Crippen LogP contribution in [0.4, 0.5) is 21.0 Å². The molecule has 2 fully saturated rings. The maximum Gasteiger partial charge on any atom is 0.407 e. The number of imidazole rings is 2. The molecule has 58 heavy (non-hydrogen) atoms. The number of likely N-dealkylation sites (tertiary alicyclic amines) is 2. The summed E-state index contributed by atoms with van der Waals surface area (Å²) in [5.41, 5.74) is 6.75. The summed E-state index contributed by atoms with van der Waals surface area (Å²) < 4.78 is 16.1. The van der Waals surface area contributed by atoms with Crippen LogP contribution in [0.25, 0.3) is 22.5 Å². The zero-order valence-corrected chi connectivity index (χ0v) is 33.8. The summed E-state index contributed by atoms with van der Waals surface area (Å²) in [5.74, 6) is 2.40. The number of carbonyl (C=O) groups excluding carboxylic acids is 4. The lowest BCUT2D eigenvalue weighted by Gasteiger charge is -2.30. The zero-order chi connectivity index (χ0) is 40.8. The molecule has 4 aromatic rings. The zero-order valence-electron chi connectivity index (χ0n) is 33.8. The van der Waals surface area contributed by atoms with E-state index in [9.17, 15) is 19.2 Å². The van der Waals surface area contributed by atoms with Crippen molar-refractivity contribution in [1.82, 2.24) is 40.4 Å². The van der Waals surface area contributed by atoms with Gasteiger partial charge in [0.15, 0.2) is 11.5 Å². The number of alkyl carbamates (subject to hydrolysis) is 2. The van der Waals surface area contributed by atoms with Crippen LogP contribution >= 0.6 is 0 Å². The third-order valence-electron chi connectivity index (χ3n) is 11.8. The van der Waals surface area contributed by atoms with Crippen molar-refractivity contribution < 1.29 is 33.4 Å². The molecule has 0 aliphatic carbocycles. The van der Waals surface area contributed by atoms with Crippen molar-refractivity contribution in [2.75, 3.05) is 38.8 Å². The number of aromatic nitrogens is 4. The highest BCUT2D eigenvalue weighted by molar-refractivity contribution is 5.89. The number of hydrogen-bond acceptors (Lipinski definition) is 10. The summed E-state index contributed by atoms with van der Waals surface area (Å²) in [6, 6.07) is 8.45. The summed E-state index contributed by atoms with van der Waals surface area (Å²) in [4.78, 5) is 73.8. The Morgan fingerprint density at radius 2 is 1.29 bits per heavy atom. The van der Waals surface area contributed by atoms with E-state index in [4.69, 9.17) is 24.2 Å². The molecular weight excluding hydrogens is 743 g/mol. The van der Waals surface area contributed by atoms with Crippen LogP contribution in [0.5, 0.6) is 11.5 Å². The molecule has 16 nitrogen and oxygen atoms in total. The molecule has 0 spiro atoms. The Morgan fingerprint density at radius 3 is 1.83 bits per heavy atom. The van der Waals surface area contributed by atoms with E-state index in [-0.39, 0.29) is 35.7 Å². The molecule has 0 radical (unpaired) electrons. The maximum absolute atomic E-state index is 13.7. The second-order valence-electron chi connectivity index (χ2n) is 16.1. The average molecular weight is 794 g/mol. The summed E-state index contributed by atoms with van der Waals surface area (Å²) in [6.07, 6.45) is 6.40. The predicted octanol–water partition coefficient (Wildman–Crippen LogP) is 6.35. The molecule has 2 aromatic carbocycles. The van der Waals surface area contributed by atoms with Crippen molar-refractivity contribution in [1.29, 1.82) is 0 Å². The average Bonchev–Trinajstić information content (AvgIpc) is 4.07. The van der Waals surface area contributed by atoms with Crippen LogP contribution in [0.2, 0.25) is 0 Å². The molecule has 0 unspecified atom stereocenters. The molecule has 6 heterocycles. The lowest BCUT2D eigenvalue weighted by molar-refractivity contribution is -0.136. The molecule has 306 valence electrons. The quantitative estimate of drug-likeness (QED) is 0.141. The molecule has 2 saturated heterocycles. The Labute approximate surface area is 337 Å². The number of nitrogens with zero attached hydrogens (tertiary/aromatic N) is 5. The molecule has 0 bridgehead atoms. The number of carbonyl (C=O) groups is 4. The number of hydrogen-bond donors (Lipinski definition) is 4. The maximum atomic E-state index is 13.7. The second-order valence-corrected chi connectivity index (χ2v) is 16.1. The fraction of sp³-hybridized carbons (Fsp3) is 0.476. The summed E-state index contributed by atoms with van der Waals surface area (Å²) >= 11 is 0. The summed E-state index contributed by atoms with van der Waals surface area (Å²) in [7, 11) is 2.58. The van der Waals surface area contributed by atoms with Gasteiger partial charge in [-0.2, -0.15) is 0 Å². The van der Waals surface area contributed by atoms with Crippen LogP contribution in [-0.2, 0) is 25.5 Å². The lowest BCUT2D eigenvalue weighted by Crippen LogP contribution is -2.51. The predicted molar refractivity (Wildman–Crippen MR) is 215 cm³/mol. The highest BCUT2D eigenvalue weighted by atomic mass is 16.5. The van der Waals surface area contributed by atoms with Gasteiger partial charge in [0, 0.05) is 30.8 Å². The standard InChI is InChI=1S/C42H51N9O7/c1-22(2)34(47-41(54)56-5)39(52)50-14-7-9-29(50)37-43-20-27(45-37)24-11-12-32-31(18-24)49-16-13-25-17-26(19-33(58-32)36(25)49)28-21-44-38(46-28)30-10-8-15-51(30)40(53)35(23(3)4)48-42(55)57-6/h11-12,17-23,29-30,34-35H,7-10,13-16H2,1-6H3,(H,43,45)(H,44,46)(H,47,54)(H,48,55)/t29-,30-,34-,35-/m0/s1. The van der Waals surface area contributed by atoms with Gasteiger partial charge in [-0.05, 0) is 79.8 Å². The van der Waals surface area contributed by atoms with Crippen LogP contribution in [0, 0.1) is 11.8 Å². The van der Waals surface area contributed by atoms with Crippen molar-refractivity contribution >= 4 is 35.4 Å². The van der Waals surface area contributed by atoms with Gasteiger partial charge in [-0.3, -0.25) is 9.59 Å². The first kappa shape index (κ1) is 38.8.